The van der Waals surface area contributed by atoms with Crippen molar-refractivity contribution in [3.63, 3.8) is 0 Å². The lowest BCUT2D eigenvalue weighted by atomic mass is 10.1. The van der Waals surface area contributed by atoms with Crippen molar-refractivity contribution in [3.8, 4) is 11.8 Å². The SMILES string of the molecule is COc1ccc2sc(C)c(C#N)c2c1. The topological polar surface area (TPSA) is 33.0 Å². The van der Waals surface area contributed by atoms with Crippen LogP contribution < -0.4 is 4.74 Å². The first-order chi connectivity index (χ1) is 6.76. The van der Waals surface area contributed by atoms with E-state index in [2.05, 4.69) is 6.07 Å². The quantitative estimate of drug-likeness (QED) is 0.713. The minimum Gasteiger partial charge on any atom is -0.497 e. The summed E-state index contributed by atoms with van der Waals surface area (Å²) < 4.78 is 6.27. The summed E-state index contributed by atoms with van der Waals surface area (Å²) in [5, 5.41) is 9.98. The van der Waals surface area contributed by atoms with Crippen LogP contribution in [0, 0.1) is 18.3 Å². The lowest BCUT2D eigenvalue weighted by molar-refractivity contribution is 0.415. The van der Waals surface area contributed by atoms with Crippen LogP contribution in [-0.4, -0.2) is 7.11 Å². The molecular formula is C11H9NOS. The molecule has 1 heterocycles. The first-order valence-corrected chi connectivity index (χ1v) is 5.05. The van der Waals surface area contributed by atoms with Crippen LogP contribution in [0.5, 0.6) is 5.75 Å². The molecular weight excluding hydrogens is 194 g/mol. The van der Waals surface area contributed by atoms with E-state index in [1.165, 1.54) is 0 Å². The highest BCUT2D eigenvalue weighted by Gasteiger charge is 2.08. The van der Waals surface area contributed by atoms with Crippen molar-refractivity contribution in [1.29, 1.82) is 5.26 Å². The van der Waals surface area contributed by atoms with Gasteiger partial charge in [-0.05, 0) is 25.1 Å². The Morgan fingerprint density at radius 3 is 2.86 bits per heavy atom. The molecule has 0 N–H and O–H groups in total. The summed E-state index contributed by atoms with van der Waals surface area (Å²) in [5.74, 6) is 0.798. The molecule has 0 aliphatic carbocycles. The van der Waals surface area contributed by atoms with Gasteiger partial charge in [-0.25, -0.2) is 0 Å². The minimum atomic E-state index is 0.768. The van der Waals surface area contributed by atoms with E-state index in [9.17, 15) is 0 Å². The average Bonchev–Trinajstić information content (AvgIpc) is 2.52. The summed E-state index contributed by atoms with van der Waals surface area (Å²) in [5.41, 5.74) is 0.768. The van der Waals surface area contributed by atoms with E-state index in [0.717, 1.165) is 26.3 Å². The number of ether oxygens (including phenoxy) is 1. The molecule has 70 valence electrons. The van der Waals surface area contributed by atoms with E-state index in [4.69, 9.17) is 10.00 Å². The van der Waals surface area contributed by atoms with Crippen LogP contribution in [0.2, 0.25) is 0 Å². The maximum absolute atomic E-state index is 8.98. The fourth-order valence-corrected chi connectivity index (χ4v) is 2.46. The van der Waals surface area contributed by atoms with Crippen molar-refractivity contribution in [2.45, 2.75) is 6.92 Å². The van der Waals surface area contributed by atoms with Gasteiger partial charge < -0.3 is 4.74 Å². The summed E-state index contributed by atoms with van der Waals surface area (Å²) >= 11 is 1.64. The van der Waals surface area contributed by atoms with Crippen molar-refractivity contribution in [1.82, 2.24) is 0 Å². The fourth-order valence-electron chi connectivity index (χ4n) is 1.46. The summed E-state index contributed by atoms with van der Waals surface area (Å²) in [7, 11) is 1.63. The Bertz CT molecular complexity index is 522. The lowest BCUT2D eigenvalue weighted by Crippen LogP contribution is -1.81. The van der Waals surface area contributed by atoms with E-state index in [1.807, 2.05) is 25.1 Å². The summed E-state index contributed by atoms with van der Waals surface area (Å²) in [4.78, 5) is 1.07. The molecule has 0 amide bonds. The van der Waals surface area contributed by atoms with E-state index in [1.54, 1.807) is 18.4 Å². The van der Waals surface area contributed by atoms with Gasteiger partial charge in [0.1, 0.15) is 11.8 Å². The molecule has 0 spiro atoms. The van der Waals surface area contributed by atoms with Gasteiger partial charge >= 0.3 is 0 Å². The van der Waals surface area contributed by atoms with Gasteiger partial charge in [-0.1, -0.05) is 0 Å². The molecule has 0 unspecified atom stereocenters. The van der Waals surface area contributed by atoms with Crippen molar-refractivity contribution in [3.05, 3.63) is 28.6 Å². The Morgan fingerprint density at radius 2 is 2.21 bits per heavy atom. The Morgan fingerprint density at radius 1 is 1.43 bits per heavy atom. The third kappa shape index (κ3) is 1.24. The van der Waals surface area contributed by atoms with Gasteiger partial charge in [-0.2, -0.15) is 5.26 Å². The van der Waals surface area contributed by atoms with Crippen LogP contribution in [0.15, 0.2) is 18.2 Å². The van der Waals surface area contributed by atoms with Crippen LogP contribution >= 0.6 is 11.3 Å². The van der Waals surface area contributed by atoms with Gasteiger partial charge in [0.2, 0.25) is 0 Å². The van der Waals surface area contributed by atoms with E-state index in [0.29, 0.717) is 0 Å². The molecule has 1 aromatic carbocycles. The van der Waals surface area contributed by atoms with E-state index >= 15 is 0 Å². The molecule has 3 heteroatoms. The van der Waals surface area contributed by atoms with Crippen LogP contribution in [0.25, 0.3) is 10.1 Å². The number of fused-ring (bicyclic) bond motifs is 1. The molecule has 0 radical (unpaired) electrons. The number of thiophene rings is 1. The molecule has 0 aliphatic rings. The Labute approximate surface area is 86.4 Å². The number of methoxy groups -OCH3 is 1. The first-order valence-electron chi connectivity index (χ1n) is 4.23. The highest BCUT2D eigenvalue weighted by molar-refractivity contribution is 7.19. The first kappa shape index (κ1) is 9.04. The highest BCUT2D eigenvalue weighted by atomic mass is 32.1. The number of aryl methyl sites for hydroxylation is 1. The zero-order valence-electron chi connectivity index (χ0n) is 8.00. The zero-order valence-corrected chi connectivity index (χ0v) is 8.81. The molecule has 0 aliphatic heterocycles. The molecule has 0 atom stereocenters. The van der Waals surface area contributed by atoms with Gasteiger partial charge in [0.25, 0.3) is 0 Å². The van der Waals surface area contributed by atoms with Crippen LogP contribution in [0.3, 0.4) is 0 Å². The molecule has 0 bridgehead atoms. The van der Waals surface area contributed by atoms with E-state index in [-0.39, 0.29) is 0 Å². The van der Waals surface area contributed by atoms with Crippen molar-refractivity contribution < 1.29 is 4.74 Å². The van der Waals surface area contributed by atoms with Crippen LogP contribution in [0.1, 0.15) is 10.4 Å². The van der Waals surface area contributed by atoms with E-state index < -0.39 is 0 Å². The number of benzene rings is 1. The second-order valence-electron chi connectivity index (χ2n) is 3.01. The van der Waals surface area contributed by atoms with Crippen molar-refractivity contribution in [2.24, 2.45) is 0 Å². The van der Waals surface area contributed by atoms with Gasteiger partial charge in [-0.3, -0.25) is 0 Å². The number of hydrogen-bond acceptors (Lipinski definition) is 3. The largest absolute Gasteiger partial charge is 0.497 e. The maximum atomic E-state index is 8.98. The summed E-state index contributed by atoms with van der Waals surface area (Å²) in [6, 6.07) is 8.05. The number of rotatable bonds is 1. The number of hydrogen-bond donors (Lipinski definition) is 0. The van der Waals surface area contributed by atoms with Crippen molar-refractivity contribution >= 4 is 21.4 Å². The molecule has 0 saturated carbocycles. The molecule has 2 aromatic rings. The van der Waals surface area contributed by atoms with Crippen LogP contribution in [-0.2, 0) is 0 Å². The molecule has 2 rings (SSSR count). The number of nitrogens with zero attached hydrogens (tertiary/aromatic N) is 1. The Balaban J connectivity index is 2.79. The molecule has 0 fully saturated rings. The second kappa shape index (κ2) is 3.32. The number of nitriles is 1. The third-order valence-electron chi connectivity index (χ3n) is 2.18. The molecule has 2 nitrogen and oxygen atoms in total. The third-order valence-corrected chi connectivity index (χ3v) is 3.27. The minimum absolute atomic E-state index is 0.768. The summed E-state index contributed by atoms with van der Waals surface area (Å²) in [6.07, 6.45) is 0. The molecule has 1 aromatic heterocycles. The predicted octanol–water partition coefficient (Wildman–Crippen LogP) is 3.09. The Kier molecular flexibility index (Phi) is 2.14. The zero-order chi connectivity index (χ0) is 10.1. The fraction of sp³-hybridized carbons (Fsp3) is 0.182. The van der Waals surface area contributed by atoms with Gasteiger partial charge in [0.15, 0.2) is 0 Å². The van der Waals surface area contributed by atoms with Gasteiger partial charge in [0, 0.05) is 15.0 Å². The van der Waals surface area contributed by atoms with Gasteiger partial charge in [0.05, 0.1) is 12.7 Å². The monoisotopic (exact) mass is 203 g/mol. The molecule has 14 heavy (non-hydrogen) atoms. The normalized spacial score (nSPS) is 10.1. The Hall–Kier alpha value is -1.53. The maximum Gasteiger partial charge on any atom is 0.119 e. The van der Waals surface area contributed by atoms with Crippen molar-refractivity contribution in [2.75, 3.05) is 7.11 Å². The highest BCUT2D eigenvalue weighted by Crippen LogP contribution is 2.32. The molecule has 0 saturated heterocycles. The summed E-state index contributed by atoms with van der Waals surface area (Å²) in [6.45, 7) is 1.97. The average molecular weight is 203 g/mol. The standard InChI is InChI=1S/C11H9NOS/c1-7-10(6-12)9-5-8(13-2)3-4-11(9)14-7/h3-5H,1-2H3. The smallest absolute Gasteiger partial charge is 0.119 e. The lowest BCUT2D eigenvalue weighted by Gasteiger charge is -1.98. The predicted molar refractivity (Wildman–Crippen MR) is 57.8 cm³/mol. The second-order valence-corrected chi connectivity index (χ2v) is 4.26. The van der Waals surface area contributed by atoms with Crippen LogP contribution in [0.4, 0.5) is 0 Å². The van der Waals surface area contributed by atoms with Gasteiger partial charge in [-0.15, -0.1) is 11.3 Å².